The van der Waals surface area contributed by atoms with Gasteiger partial charge in [0.05, 0.1) is 5.92 Å². The van der Waals surface area contributed by atoms with E-state index < -0.39 is 17.4 Å². The number of fused-ring (bicyclic) bond motifs is 1. The SMILES string of the molecule is CC[C@@H]1CCC(=O)[C@@H]([C@]2(O)C(=O)Nc3ccccc32)C1. The second kappa shape index (κ2) is 4.70. The van der Waals surface area contributed by atoms with Crippen molar-refractivity contribution in [1.82, 2.24) is 0 Å². The minimum absolute atomic E-state index is 0.00375. The molecular weight excluding hydrogens is 254 g/mol. The molecule has 0 bridgehead atoms. The first-order valence-corrected chi connectivity index (χ1v) is 7.23. The fourth-order valence-electron chi connectivity index (χ4n) is 3.49. The maximum atomic E-state index is 12.3. The summed E-state index contributed by atoms with van der Waals surface area (Å²) >= 11 is 0. The second-order valence-electron chi connectivity index (χ2n) is 5.83. The van der Waals surface area contributed by atoms with Crippen molar-refractivity contribution in [2.24, 2.45) is 11.8 Å². The average molecular weight is 273 g/mol. The highest BCUT2D eigenvalue weighted by atomic mass is 16.3. The van der Waals surface area contributed by atoms with Gasteiger partial charge in [0.25, 0.3) is 5.91 Å². The molecule has 1 aliphatic carbocycles. The van der Waals surface area contributed by atoms with E-state index in [4.69, 9.17) is 0 Å². The van der Waals surface area contributed by atoms with Crippen molar-refractivity contribution < 1.29 is 14.7 Å². The lowest BCUT2D eigenvalue weighted by Gasteiger charge is -2.35. The quantitative estimate of drug-likeness (QED) is 0.868. The van der Waals surface area contributed by atoms with Crippen molar-refractivity contribution in [1.29, 1.82) is 0 Å². The van der Waals surface area contributed by atoms with Gasteiger partial charge in [0.2, 0.25) is 0 Å². The molecule has 1 saturated carbocycles. The fraction of sp³-hybridized carbons (Fsp3) is 0.500. The van der Waals surface area contributed by atoms with Crippen LogP contribution in [0.1, 0.15) is 38.2 Å². The zero-order valence-corrected chi connectivity index (χ0v) is 11.6. The van der Waals surface area contributed by atoms with Crippen LogP contribution in [0.25, 0.3) is 0 Å². The first-order chi connectivity index (χ1) is 9.57. The Balaban J connectivity index is 2.03. The maximum Gasteiger partial charge on any atom is 0.261 e. The molecule has 4 nitrogen and oxygen atoms in total. The first kappa shape index (κ1) is 13.3. The van der Waals surface area contributed by atoms with Gasteiger partial charge in [-0.25, -0.2) is 0 Å². The van der Waals surface area contributed by atoms with Crippen LogP contribution in [0.3, 0.4) is 0 Å². The molecule has 3 rings (SSSR count). The number of para-hydroxylation sites is 1. The number of Topliss-reactive ketones (excluding diaryl/α,β-unsaturated/α-hetero) is 1. The summed E-state index contributed by atoms with van der Waals surface area (Å²) in [4.78, 5) is 24.5. The number of hydrogen-bond acceptors (Lipinski definition) is 3. The molecular formula is C16H19NO3. The summed E-state index contributed by atoms with van der Waals surface area (Å²) in [6, 6.07) is 7.09. The number of benzene rings is 1. The summed E-state index contributed by atoms with van der Waals surface area (Å²) in [5.74, 6) is -0.676. The number of hydrogen-bond donors (Lipinski definition) is 2. The van der Waals surface area contributed by atoms with Gasteiger partial charge >= 0.3 is 0 Å². The van der Waals surface area contributed by atoms with E-state index >= 15 is 0 Å². The highest BCUT2D eigenvalue weighted by Gasteiger charge is 2.54. The van der Waals surface area contributed by atoms with Crippen molar-refractivity contribution in [2.75, 3.05) is 5.32 Å². The van der Waals surface area contributed by atoms with Crippen molar-refractivity contribution in [3.63, 3.8) is 0 Å². The Bertz CT molecular complexity index is 569. The van der Waals surface area contributed by atoms with Gasteiger partial charge in [0, 0.05) is 17.7 Å². The molecule has 1 aliphatic heterocycles. The van der Waals surface area contributed by atoms with Gasteiger partial charge < -0.3 is 10.4 Å². The van der Waals surface area contributed by atoms with Crippen molar-refractivity contribution in [3.8, 4) is 0 Å². The molecule has 1 aromatic rings. The minimum Gasteiger partial charge on any atom is -0.375 e. The molecule has 106 valence electrons. The fourth-order valence-corrected chi connectivity index (χ4v) is 3.49. The number of carbonyl (C=O) groups excluding carboxylic acids is 2. The summed E-state index contributed by atoms with van der Waals surface area (Å²) in [6.07, 6.45) is 2.89. The lowest BCUT2D eigenvalue weighted by atomic mass is 9.69. The van der Waals surface area contributed by atoms with E-state index in [1.807, 2.05) is 6.07 Å². The number of aliphatic hydroxyl groups is 1. The average Bonchev–Trinajstić information content (AvgIpc) is 2.72. The summed E-state index contributed by atoms with van der Waals surface area (Å²) in [5, 5.41) is 13.7. The Morgan fingerprint density at radius 3 is 2.85 bits per heavy atom. The van der Waals surface area contributed by atoms with Crippen molar-refractivity contribution >= 4 is 17.4 Å². The number of rotatable bonds is 2. The van der Waals surface area contributed by atoms with E-state index in [0.29, 0.717) is 30.0 Å². The molecule has 2 aliphatic rings. The monoisotopic (exact) mass is 273 g/mol. The van der Waals surface area contributed by atoms with E-state index in [1.165, 1.54) is 0 Å². The number of nitrogens with one attached hydrogen (secondary N) is 1. The lowest BCUT2D eigenvalue weighted by Crippen LogP contribution is -2.47. The van der Waals surface area contributed by atoms with Crippen LogP contribution in [0.5, 0.6) is 0 Å². The summed E-state index contributed by atoms with van der Waals surface area (Å²) in [6.45, 7) is 2.09. The molecule has 1 fully saturated rings. The molecule has 0 aromatic heterocycles. The third-order valence-corrected chi connectivity index (χ3v) is 4.77. The first-order valence-electron chi connectivity index (χ1n) is 7.23. The predicted octanol–water partition coefficient (Wildman–Crippen LogP) is 2.22. The number of amides is 1. The van der Waals surface area contributed by atoms with Crippen LogP contribution in [-0.2, 0) is 15.2 Å². The molecule has 0 unspecified atom stereocenters. The number of carbonyl (C=O) groups is 2. The van der Waals surface area contributed by atoms with Crippen LogP contribution >= 0.6 is 0 Å². The molecule has 20 heavy (non-hydrogen) atoms. The van der Waals surface area contributed by atoms with Crippen LogP contribution < -0.4 is 5.32 Å². The van der Waals surface area contributed by atoms with Gasteiger partial charge in [-0.15, -0.1) is 0 Å². The topological polar surface area (TPSA) is 66.4 Å². The summed E-state index contributed by atoms with van der Waals surface area (Å²) in [5.41, 5.74) is -0.534. The van der Waals surface area contributed by atoms with E-state index in [0.717, 1.165) is 12.8 Å². The van der Waals surface area contributed by atoms with E-state index in [-0.39, 0.29) is 5.78 Å². The molecule has 1 amide bonds. The zero-order valence-electron chi connectivity index (χ0n) is 11.6. The molecule has 3 atom stereocenters. The van der Waals surface area contributed by atoms with Gasteiger partial charge in [0.15, 0.2) is 5.60 Å². The number of ketones is 1. The number of anilines is 1. The summed E-state index contributed by atoms with van der Waals surface area (Å²) < 4.78 is 0. The largest absolute Gasteiger partial charge is 0.375 e. The molecule has 0 saturated heterocycles. The predicted molar refractivity (Wildman–Crippen MR) is 75.1 cm³/mol. The maximum absolute atomic E-state index is 12.3. The Morgan fingerprint density at radius 2 is 2.10 bits per heavy atom. The zero-order chi connectivity index (χ0) is 14.3. The normalized spacial score (nSPS) is 32.9. The van der Waals surface area contributed by atoms with Crippen LogP contribution in [0.4, 0.5) is 5.69 Å². The molecule has 1 heterocycles. The third kappa shape index (κ3) is 1.79. The third-order valence-electron chi connectivity index (χ3n) is 4.77. The molecule has 0 spiro atoms. The van der Waals surface area contributed by atoms with Crippen LogP contribution in [0.2, 0.25) is 0 Å². The minimum atomic E-state index is -1.69. The molecule has 2 N–H and O–H groups in total. The lowest BCUT2D eigenvalue weighted by molar-refractivity contribution is -0.152. The summed E-state index contributed by atoms with van der Waals surface area (Å²) in [7, 11) is 0. The van der Waals surface area contributed by atoms with E-state index in [2.05, 4.69) is 12.2 Å². The van der Waals surface area contributed by atoms with Crippen LogP contribution in [0, 0.1) is 11.8 Å². The van der Waals surface area contributed by atoms with Crippen LogP contribution in [-0.4, -0.2) is 16.8 Å². The van der Waals surface area contributed by atoms with Gasteiger partial charge in [0.1, 0.15) is 5.78 Å². The standard InChI is InChI=1S/C16H19NO3/c1-2-10-7-8-14(18)12(9-10)16(20)11-5-3-4-6-13(11)17-15(16)19/h3-6,10,12,20H,2,7-9H2,1H3,(H,17,19)/t10-,12+,16+/m1/s1. The Labute approximate surface area is 118 Å². The smallest absolute Gasteiger partial charge is 0.261 e. The second-order valence-corrected chi connectivity index (χ2v) is 5.83. The molecule has 4 heteroatoms. The van der Waals surface area contributed by atoms with Crippen molar-refractivity contribution in [3.05, 3.63) is 29.8 Å². The Morgan fingerprint density at radius 1 is 1.35 bits per heavy atom. The highest BCUT2D eigenvalue weighted by molar-refractivity contribution is 6.08. The van der Waals surface area contributed by atoms with Crippen LogP contribution in [0.15, 0.2) is 24.3 Å². The van der Waals surface area contributed by atoms with Crippen molar-refractivity contribution in [2.45, 2.75) is 38.2 Å². The van der Waals surface area contributed by atoms with E-state index in [9.17, 15) is 14.7 Å². The highest BCUT2D eigenvalue weighted by Crippen LogP contribution is 2.46. The molecule has 1 aromatic carbocycles. The Hall–Kier alpha value is -1.68. The van der Waals surface area contributed by atoms with Gasteiger partial charge in [-0.05, 0) is 24.8 Å². The van der Waals surface area contributed by atoms with Gasteiger partial charge in [-0.2, -0.15) is 0 Å². The van der Waals surface area contributed by atoms with Gasteiger partial charge in [-0.1, -0.05) is 31.5 Å². The van der Waals surface area contributed by atoms with E-state index in [1.54, 1.807) is 18.2 Å². The van der Waals surface area contributed by atoms with Gasteiger partial charge in [-0.3, -0.25) is 9.59 Å². The molecule has 0 radical (unpaired) electrons. The Kier molecular flexibility index (Phi) is 3.13.